The number of nitriles is 1. The molecule has 11 heteroatoms. The van der Waals surface area contributed by atoms with E-state index < -0.39 is 37.0 Å². The number of carbonyl (C=O) groups excluding carboxylic acids is 1. The van der Waals surface area contributed by atoms with Crippen molar-refractivity contribution in [2.75, 3.05) is 18.8 Å². The number of nitro benzene ring substituents is 1. The third-order valence-electron chi connectivity index (χ3n) is 2.35. The van der Waals surface area contributed by atoms with Gasteiger partial charge in [-0.05, 0) is 6.07 Å². The van der Waals surface area contributed by atoms with E-state index >= 15 is 0 Å². The zero-order valence-corrected chi connectivity index (χ0v) is 12.2. The molecule has 0 aromatic heterocycles. The summed E-state index contributed by atoms with van der Waals surface area (Å²) in [6, 6.07) is 4.46. The zero-order chi connectivity index (χ0) is 16.9. The molecule has 0 bridgehead atoms. The van der Waals surface area contributed by atoms with Crippen LogP contribution in [-0.4, -0.2) is 38.4 Å². The van der Waals surface area contributed by atoms with Crippen molar-refractivity contribution in [3.05, 3.63) is 28.3 Å². The molecule has 1 N–H and O–H groups in total. The molecule has 1 aromatic carbocycles. The predicted molar refractivity (Wildman–Crippen MR) is 74.9 cm³/mol. The van der Waals surface area contributed by atoms with Crippen LogP contribution in [0.25, 0.3) is 0 Å². The second kappa shape index (κ2) is 6.64. The molecule has 0 saturated heterocycles. The molecule has 0 atom stereocenters. The Morgan fingerprint density at radius 3 is 2.59 bits per heavy atom. The van der Waals surface area contributed by atoms with E-state index in [2.05, 4.69) is 15.3 Å². The van der Waals surface area contributed by atoms with Gasteiger partial charge >= 0.3 is 5.97 Å². The Morgan fingerprint density at radius 2 is 2.14 bits per heavy atom. The van der Waals surface area contributed by atoms with Gasteiger partial charge in [0.25, 0.3) is 5.69 Å². The van der Waals surface area contributed by atoms with Gasteiger partial charge in [0.1, 0.15) is 6.07 Å². The van der Waals surface area contributed by atoms with Crippen LogP contribution in [0.1, 0.15) is 0 Å². The quantitative estimate of drug-likeness (QED) is 0.354. The average Bonchev–Trinajstić information content (AvgIpc) is 2.46. The molecule has 10 nitrogen and oxygen atoms in total. The first-order valence-electron chi connectivity index (χ1n) is 5.51. The van der Waals surface area contributed by atoms with Crippen LogP contribution in [0.5, 0.6) is 0 Å². The predicted octanol–water partition coefficient (Wildman–Crippen LogP) is 0.463. The van der Waals surface area contributed by atoms with Gasteiger partial charge < -0.3 is 4.74 Å². The van der Waals surface area contributed by atoms with Gasteiger partial charge in [-0.3, -0.25) is 15.5 Å². The van der Waals surface area contributed by atoms with E-state index in [-0.39, 0.29) is 5.69 Å². The number of methoxy groups -OCH3 is 1. The highest BCUT2D eigenvalue weighted by Crippen LogP contribution is 2.26. The highest BCUT2D eigenvalue weighted by molar-refractivity contribution is 7.90. The third-order valence-corrected chi connectivity index (χ3v) is 3.48. The summed E-state index contributed by atoms with van der Waals surface area (Å²) in [6.45, 7) is 0. The lowest BCUT2D eigenvalue weighted by atomic mass is 10.3. The number of carbonyl (C=O) groups is 1. The van der Waals surface area contributed by atoms with Gasteiger partial charge in [-0.15, -0.1) is 0 Å². The molecule has 0 aliphatic carbocycles. The summed E-state index contributed by atoms with van der Waals surface area (Å²) in [5.74, 6) is -1.02. The Labute approximate surface area is 125 Å². The number of esters is 1. The summed E-state index contributed by atoms with van der Waals surface area (Å²) in [5.41, 5.74) is 1.03. The normalized spacial score (nSPS) is 11.4. The maximum Gasteiger partial charge on any atom is 0.369 e. The van der Waals surface area contributed by atoms with Crippen LogP contribution in [0.3, 0.4) is 0 Å². The molecular weight excluding hydrogens is 316 g/mol. The highest BCUT2D eigenvalue weighted by atomic mass is 32.2. The van der Waals surface area contributed by atoms with Crippen molar-refractivity contribution in [3.8, 4) is 6.07 Å². The van der Waals surface area contributed by atoms with E-state index in [9.17, 15) is 23.3 Å². The van der Waals surface area contributed by atoms with Crippen LogP contribution in [0.4, 0.5) is 11.4 Å². The topological polar surface area (TPSA) is 152 Å². The second-order valence-electron chi connectivity index (χ2n) is 3.89. The number of nitro groups is 1. The Bertz CT molecular complexity index is 793. The van der Waals surface area contributed by atoms with Crippen molar-refractivity contribution in [3.63, 3.8) is 0 Å². The summed E-state index contributed by atoms with van der Waals surface area (Å²) in [5, 5.41) is 22.8. The molecule has 116 valence electrons. The van der Waals surface area contributed by atoms with E-state index in [1.54, 1.807) is 0 Å². The Kier molecular flexibility index (Phi) is 5.14. The van der Waals surface area contributed by atoms with Crippen molar-refractivity contribution in [2.24, 2.45) is 5.10 Å². The van der Waals surface area contributed by atoms with Gasteiger partial charge in [-0.2, -0.15) is 10.4 Å². The molecule has 1 rings (SSSR count). The van der Waals surface area contributed by atoms with Crippen LogP contribution in [0.15, 0.2) is 28.2 Å². The fourth-order valence-corrected chi connectivity index (χ4v) is 2.20. The maximum atomic E-state index is 11.7. The van der Waals surface area contributed by atoms with Gasteiger partial charge in [0, 0.05) is 18.4 Å². The minimum atomic E-state index is -3.81. The van der Waals surface area contributed by atoms with E-state index in [0.717, 1.165) is 31.6 Å². The Hall–Kier alpha value is -3.00. The minimum absolute atomic E-state index is 0.121. The monoisotopic (exact) mass is 326 g/mol. The molecule has 0 heterocycles. The molecule has 0 saturated carbocycles. The van der Waals surface area contributed by atoms with Crippen molar-refractivity contribution in [1.29, 1.82) is 5.26 Å². The second-order valence-corrected chi connectivity index (χ2v) is 5.87. The third kappa shape index (κ3) is 4.00. The van der Waals surface area contributed by atoms with E-state index in [1.165, 1.54) is 6.07 Å². The number of rotatable bonds is 5. The number of sulfone groups is 1. The SMILES string of the molecule is COC(=O)C(C#N)=NNc1ccc([N+](=O)[O-])cc1S(C)(=O)=O. The molecule has 1 aromatic rings. The first-order valence-corrected chi connectivity index (χ1v) is 7.40. The van der Waals surface area contributed by atoms with E-state index in [4.69, 9.17) is 5.26 Å². The van der Waals surface area contributed by atoms with Gasteiger partial charge in [0.05, 0.1) is 22.6 Å². The number of benzene rings is 1. The summed E-state index contributed by atoms with van der Waals surface area (Å²) < 4.78 is 27.6. The maximum absolute atomic E-state index is 11.7. The lowest BCUT2D eigenvalue weighted by Crippen LogP contribution is -2.15. The average molecular weight is 326 g/mol. The largest absolute Gasteiger partial charge is 0.464 e. The fourth-order valence-electron chi connectivity index (χ4n) is 1.35. The number of nitrogens with zero attached hydrogens (tertiary/aromatic N) is 3. The number of hydrazone groups is 1. The number of hydrogen-bond donors (Lipinski definition) is 1. The highest BCUT2D eigenvalue weighted by Gasteiger charge is 2.19. The molecule has 22 heavy (non-hydrogen) atoms. The van der Waals surface area contributed by atoms with Crippen molar-refractivity contribution >= 4 is 32.9 Å². The summed E-state index contributed by atoms with van der Waals surface area (Å²) in [7, 11) is -2.76. The summed E-state index contributed by atoms with van der Waals surface area (Å²) in [6.07, 6.45) is 0.854. The molecule has 0 unspecified atom stereocenters. The molecule has 0 radical (unpaired) electrons. The molecule has 0 aliphatic rings. The van der Waals surface area contributed by atoms with Crippen LogP contribution in [0, 0.1) is 21.4 Å². The number of non-ortho nitro benzene ring substituents is 1. The first kappa shape index (κ1) is 17.1. The zero-order valence-electron chi connectivity index (χ0n) is 11.4. The molecular formula is C11H10N4O6S. The number of anilines is 1. The van der Waals surface area contributed by atoms with Gasteiger partial charge in [0.2, 0.25) is 5.71 Å². The van der Waals surface area contributed by atoms with Crippen LogP contribution in [-0.2, 0) is 19.4 Å². The lowest BCUT2D eigenvalue weighted by molar-refractivity contribution is -0.385. The lowest BCUT2D eigenvalue weighted by Gasteiger charge is -2.07. The number of nitrogens with one attached hydrogen (secondary N) is 1. The van der Waals surface area contributed by atoms with Crippen LogP contribution < -0.4 is 5.43 Å². The smallest absolute Gasteiger partial charge is 0.369 e. The van der Waals surface area contributed by atoms with Gasteiger partial charge in [-0.1, -0.05) is 0 Å². The van der Waals surface area contributed by atoms with Gasteiger partial charge in [-0.25, -0.2) is 13.2 Å². The molecule has 0 aliphatic heterocycles. The van der Waals surface area contributed by atoms with Gasteiger partial charge in [0.15, 0.2) is 9.84 Å². The standard InChI is InChI=1S/C11H10N4O6S/c1-21-11(16)9(6-12)14-13-8-4-3-7(15(17)18)5-10(8)22(2,19)20/h3-5,13H,1-2H3. The van der Waals surface area contributed by atoms with Crippen molar-refractivity contribution in [2.45, 2.75) is 4.90 Å². The Morgan fingerprint density at radius 1 is 1.50 bits per heavy atom. The first-order chi connectivity index (χ1) is 10.2. The van der Waals surface area contributed by atoms with E-state index in [0.29, 0.717) is 0 Å². The van der Waals surface area contributed by atoms with Crippen LogP contribution >= 0.6 is 0 Å². The van der Waals surface area contributed by atoms with Crippen molar-refractivity contribution in [1.82, 2.24) is 0 Å². The fraction of sp³-hybridized carbons (Fsp3) is 0.182. The molecule has 0 spiro atoms. The number of hydrogen-bond acceptors (Lipinski definition) is 9. The molecule has 0 amide bonds. The number of ether oxygens (including phenoxy) is 1. The summed E-state index contributed by atoms with van der Waals surface area (Å²) >= 11 is 0. The van der Waals surface area contributed by atoms with Crippen molar-refractivity contribution < 1.29 is 22.9 Å². The Balaban J connectivity index is 3.32. The van der Waals surface area contributed by atoms with Crippen LogP contribution in [0.2, 0.25) is 0 Å². The molecule has 0 fully saturated rings. The summed E-state index contributed by atoms with van der Waals surface area (Å²) in [4.78, 5) is 20.7. The van der Waals surface area contributed by atoms with E-state index in [1.807, 2.05) is 0 Å². The minimum Gasteiger partial charge on any atom is -0.464 e.